The predicted octanol–water partition coefficient (Wildman–Crippen LogP) is 0.682. The molecule has 0 bridgehead atoms. The van der Waals surface area contributed by atoms with Crippen LogP contribution in [0.5, 0.6) is 0 Å². The number of carbonyl (C=O) groups excluding carboxylic acids is 1. The summed E-state index contributed by atoms with van der Waals surface area (Å²) in [5.74, 6) is -0.0749. The highest BCUT2D eigenvalue weighted by Gasteiger charge is 2.48. The summed E-state index contributed by atoms with van der Waals surface area (Å²) in [6.45, 7) is 2.45. The van der Waals surface area contributed by atoms with Crippen LogP contribution in [0.15, 0.2) is 24.3 Å². The number of amides is 1. The van der Waals surface area contributed by atoms with E-state index in [0.29, 0.717) is 13.0 Å². The lowest BCUT2D eigenvalue weighted by Gasteiger charge is -2.13. The Morgan fingerprint density at radius 3 is 2.45 bits per heavy atom. The Labute approximate surface area is 116 Å². The molecule has 2 atom stereocenters. The zero-order valence-corrected chi connectivity index (χ0v) is 11.3. The number of benzene rings is 1. The number of Topliss-reactive ketones (excluding diaryl/α,β-unsaturated/α-hetero) is 1. The second-order valence-corrected chi connectivity index (χ2v) is 5.17. The maximum Gasteiger partial charge on any atom is 0.404 e. The minimum absolute atomic E-state index is 0.0749. The van der Waals surface area contributed by atoms with Gasteiger partial charge < -0.3 is 20.9 Å². The molecule has 6 heteroatoms. The quantitative estimate of drug-likeness (QED) is 0.664. The molecule has 1 aliphatic rings. The van der Waals surface area contributed by atoms with E-state index in [1.165, 1.54) is 0 Å². The average Bonchev–Trinajstić information content (AvgIpc) is 3.16. The van der Waals surface area contributed by atoms with Crippen LogP contribution >= 0.6 is 0 Å². The number of ketones is 1. The van der Waals surface area contributed by atoms with Crippen LogP contribution < -0.4 is 11.1 Å². The molecule has 4 N–H and O–H groups in total. The summed E-state index contributed by atoms with van der Waals surface area (Å²) in [6.07, 6.45) is -0.607. The van der Waals surface area contributed by atoms with Gasteiger partial charge in [0.25, 0.3) is 0 Å². The summed E-state index contributed by atoms with van der Waals surface area (Å²) < 4.78 is 5.10. The second kappa shape index (κ2) is 5.60. The van der Waals surface area contributed by atoms with Crippen LogP contribution in [0.4, 0.5) is 4.79 Å². The van der Waals surface area contributed by atoms with Gasteiger partial charge in [0.2, 0.25) is 0 Å². The zero-order valence-electron chi connectivity index (χ0n) is 11.3. The monoisotopic (exact) mass is 278 g/mol. The first-order valence-corrected chi connectivity index (χ1v) is 6.39. The fourth-order valence-electron chi connectivity index (χ4n) is 1.96. The van der Waals surface area contributed by atoms with E-state index >= 15 is 0 Å². The lowest BCUT2D eigenvalue weighted by molar-refractivity contribution is -0.124. The van der Waals surface area contributed by atoms with Crippen LogP contribution in [0.3, 0.4) is 0 Å². The summed E-state index contributed by atoms with van der Waals surface area (Å²) >= 11 is 0. The highest BCUT2D eigenvalue weighted by Crippen LogP contribution is 2.28. The van der Waals surface area contributed by atoms with Crippen molar-refractivity contribution in [3.05, 3.63) is 35.4 Å². The summed E-state index contributed by atoms with van der Waals surface area (Å²) in [5.41, 5.74) is 7.00. The highest BCUT2D eigenvalue weighted by atomic mass is 16.6. The standard InChI is InChI=1S/C14H18N2O4/c1-14(8-20-14)12(17)11(15)6-9-2-4-10(5-3-9)7-16-13(18)19/h2-5,11,16H,6-8,15H2,1H3,(H,18,19). The maximum absolute atomic E-state index is 12.0. The number of carbonyl (C=O) groups is 2. The molecule has 1 aliphatic heterocycles. The maximum atomic E-state index is 12.0. The molecule has 0 saturated carbocycles. The van der Waals surface area contributed by atoms with Gasteiger partial charge >= 0.3 is 6.09 Å². The summed E-state index contributed by atoms with van der Waals surface area (Å²) in [5, 5.41) is 10.8. The molecule has 1 fully saturated rings. The molecule has 2 unspecified atom stereocenters. The third-order valence-electron chi connectivity index (χ3n) is 3.36. The predicted molar refractivity (Wildman–Crippen MR) is 72.3 cm³/mol. The molecule has 1 aromatic rings. The van der Waals surface area contributed by atoms with Crippen LogP contribution in [0.2, 0.25) is 0 Å². The van der Waals surface area contributed by atoms with E-state index in [1.807, 2.05) is 24.3 Å². The van der Waals surface area contributed by atoms with Crippen molar-refractivity contribution >= 4 is 11.9 Å². The Morgan fingerprint density at radius 1 is 1.40 bits per heavy atom. The molecule has 108 valence electrons. The number of ether oxygens (including phenoxy) is 1. The Balaban J connectivity index is 1.90. The van der Waals surface area contributed by atoms with E-state index in [4.69, 9.17) is 15.6 Å². The summed E-state index contributed by atoms with van der Waals surface area (Å²) in [4.78, 5) is 22.3. The molecule has 20 heavy (non-hydrogen) atoms. The molecular formula is C14H18N2O4. The van der Waals surface area contributed by atoms with Crippen LogP contribution in [-0.4, -0.2) is 35.2 Å². The van der Waals surface area contributed by atoms with Crippen molar-refractivity contribution in [3.63, 3.8) is 0 Å². The number of epoxide rings is 1. The number of nitrogens with one attached hydrogen (secondary N) is 1. The molecule has 0 aromatic heterocycles. The first-order chi connectivity index (χ1) is 9.40. The van der Waals surface area contributed by atoms with Crippen molar-refractivity contribution in [1.82, 2.24) is 5.32 Å². The lowest BCUT2D eigenvalue weighted by Crippen LogP contribution is -2.40. The lowest BCUT2D eigenvalue weighted by atomic mass is 9.95. The van der Waals surface area contributed by atoms with Crippen LogP contribution in [0, 0.1) is 0 Å². The molecule has 1 aromatic carbocycles. The van der Waals surface area contributed by atoms with Gasteiger partial charge in [0.05, 0.1) is 12.6 Å². The number of nitrogens with two attached hydrogens (primary N) is 1. The van der Waals surface area contributed by atoms with Gasteiger partial charge in [-0.15, -0.1) is 0 Å². The van der Waals surface area contributed by atoms with Gasteiger partial charge in [-0.25, -0.2) is 4.79 Å². The number of rotatable bonds is 6. The Morgan fingerprint density at radius 2 is 1.95 bits per heavy atom. The Hall–Kier alpha value is -1.92. The van der Waals surface area contributed by atoms with Gasteiger partial charge in [0.15, 0.2) is 5.78 Å². The van der Waals surface area contributed by atoms with Gasteiger partial charge in [0.1, 0.15) is 5.60 Å². The van der Waals surface area contributed by atoms with Gasteiger partial charge in [-0.3, -0.25) is 4.79 Å². The third kappa shape index (κ3) is 3.55. The number of hydrogen-bond donors (Lipinski definition) is 3. The summed E-state index contributed by atoms with van der Waals surface area (Å²) in [7, 11) is 0. The van der Waals surface area contributed by atoms with E-state index in [0.717, 1.165) is 11.1 Å². The van der Waals surface area contributed by atoms with E-state index in [1.54, 1.807) is 6.92 Å². The first-order valence-electron chi connectivity index (χ1n) is 6.39. The van der Waals surface area contributed by atoms with E-state index in [9.17, 15) is 9.59 Å². The van der Waals surface area contributed by atoms with Crippen molar-refractivity contribution in [1.29, 1.82) is 0 Å². The van der Waals surface area contributed by atoms with Gasteiger partial charge in [0, 0.05) is 6.54 Å². The minimum Gasteiger partial charge on any atom is -0.465 e. The second-order valence-electron chi connectivity index (χ2n) is 5.17. The van der Waals surface area contributed by atoms with Crippen LogP contribution in [-0.2, 0) is 22.5 Å². The average molecular weight is 278 g/mol. The van der Waals surface area contributed by atoms with E-state index < -0.39 is 17.7 Å². The normalized spacial score (nSPS) is 22.1. The third-order valence-corrected chi connectivity index (χ3v) is 3.36. The topological polar surface area (TPSA) is 105 Å². The van der Waals surface area contributed by atoms with Crippen LogP contribution in [0.25, 0.3) is 0 Å². The molecule has 0 radical (unpaired) electrons. The van der Waals surface area contributed by atoms with Crippen molar-refractivity contribution in [3.8, 4) is 0 Å². The molecule has 0 spiro atoms. The molecule has 0 aliphatic carbocycles. The van der Waals surface area contributed by atoms with Crippen molar-refractivity contribution in [2.24, 2.45) is 5.73 Å². The minimum atomic E-state index is -1.06. The van der Waals surface area contributed by atoms with Gasteiger partial charge in [-0.2, -0.15) is 0 Å². The number of carboxylic acid groups (broad SMARTS) is 1. The van der Waals surface area contributed by atoms with Crippen LogP contribution in [0.1, 0.15) is 18.1 Å². The first kappa shape index (κ1) is 14.5. The SMILES string of the molecule is CC1(C(=O)C(N)Cc2ccc(CNC(=O)O)cc2)CO1. The van der Waals surface area contributed by atoms with Crippen molar-refractivity contribution < 1.29 is 19.4 Å². The smallest absolute Gasteiger partial charge is 0.404 e. The van der Waals surface area contributed by atoms with E-state index in [-0.39, 0.29) is 12.3 Å². The van der Waals surface area contributed by atoms with Gasteiger partial charge in [-0.1, -0.05) is 24.3 Å². The molecule has 1 saturated heterocycles. The fraction of sp³-hybridized carbons (Fsp3) is 0.429. The summed E-state index contributed by atoms with van der Waals surface area (Å²) in [6, 6.07) is 6.75. The largest absolute Gasteiger partial charge is 0.465 e. The van der Waals surface area contributed by atoms with E-state index in [2.05, 4.69) is 5.32 Å². The van der Waals surface area contributed by atoms with Crippen molar-refractivity contribution in [2.75, 3.05) is 6.61 Å². The molecule has 2 rings (SSSR count). The van der Waals surface area contributed by atoms with Gasteiger partial charge in [-0.05, 0) is 24.5 Å². The Kier molecular flexibility index (Phi) is 4.06. The molecule has 6 nitrogen and oxygen atoms in total. The zero-order chi connectivity index (χ0) is 14.8. The molecular weight excluding hydrogens is 260 g/mol. The Bertz CT molecular complexity index is 508. The highest BCUT2D eigenvalue weighted by molar-refractivity contribution is 5.93. The molecule has 1 amide bonds. The fourth-order valence-corrected chi connectivity index (χ4v) is 1.96. The molecule has 1 heterocycles. The van der Waals surface area contributed by atoms with Crippen molar-refractivity contribution in [2.45, 2.75) is 31.5 Å². The number of hydrogen-bond acceptors (Lipinski definition) is 4.